The van der Waals surface area contributed by atoms with E-state index in [1.54, 1.807) is 24.3 Å². The van der Waals surface area contributed by atoms with E-state index >= 15 is 0 Å². The van der Waals surface area contributed by atoms with Crippen molar-refractivity contribution in [3.8, 4) is 5.75 Å². The minimum atomic E-state index is -0.357. The maximum atomic E-state index is 12.6. The molecular weight excluding hydrogens is 393 g/mol. The first kappa shape index (κ1) is 18.8. The highest BCUT2D eigenvalue weighted by atomic mass is 35.5. The van der Waals surface area contributed by atoms with Crippen LogP contribution in [0.1, 0.15) is 18.1 Å². The number of carbonyl (C=O) groups excluding carboxylic acids is 2. The highest BCUT2D eigenvalue weighted by Gasteiger charge is 2.35. The fraction of sp³-hybridized carbons (Fsp3) is 0.158. The first-order chi connectivity index (χ1) is 12.5. The average molecular weight is 408 g/mol. The highest BCUT2D eigenvalue weighted by Crippen LogP contribution is 2.35. The molecule has 1 saturated heterocycles. The lowest BCUT2D eigenvalue weighted by atomic mass is 10.2. The van der Waals surface area contributed by atoms with Crippen LogP contribution < -0.4 is 4.74 Å². The van der Waals surface area contributed by atoms with Gasteiger partial charge in [0.2, 0.25) is 0 Å². The lowest BCUT2D eigenvalue weighted by Crippen LogP contribution is -2.27. The molecule has 1 fully saturated rings. The van der Waals surface area contributed by atoms with Crippen LogP contribution in [-0.4, -0.2) is 22.7 Å². The van der Waals surface area contributed by atoms with Gasteiger partial charge in [-0.3, -0.25) is 14.5 Å². The number of nitrogens with zero attached hydrogens (tertiary/aromatic N) is 1. The first-order valence-electron chi connectivity index (χ1n) is 7.90. The number of thioether (sulfide) groups is 1. The van der Waals surface area contributed by atoms with Gasteiger partial charge in [-0.05, 0) is 54.6 Å². The zero-order chi connectivity index (χ0) is 18.7. The smallest absolute Gasteiger partial charge is 0.293 e. The molecule has 26 heavy (non-hydrogen) atoms. The third kappa shape index (κ3) is 4.06. The predicted octanol–water partition coefficient (Wildman–Crippen LogP) is 5.63. The summed E-state index contributed by atoms with van der Waals surface area (Å²) in [5.41, 5.74) is 1.37. The summed E-state index contributed by atoms with van der Waals surface area (Å²) in [6.07, 6.45) is 1.69. The predicted molar refractivity (Wildman–Crippen MR) is 106 cm³/mol. The van der Waals surface area contributed by atoms with Gasteiger partial charge in [0, 0.05) is 15.6 Å². The van der Waals surface area contributed by atoms with Crippen molar-refractivity contribution in [2.45, 2.75) is 13.5 Å². The van der Waals surface area contributed by atoms with Crippen LogP contribution in [0.4, 0.5) is 4.79 Å². The molecule has 2 aromatic carbocycles. The number of carbonyl (C=O) groups is 2. The topological polar surface area (TPSA) is 46.6 Å². The Bertz CT molecular complexity index is 861. The molecule has 1 heterocycles. The normalized spacial score (nSPS) is 15.8. The Kier molecular flexibility index (Phi) is 5.91. The molecular formula is C19H15Cl2NO3S. The summed E-state index contributed by atoms with van der Waals surface area (Å²) in [6.45, 7) is 2.54. The molecule has 0 bridgehead atoms. The Labute approximate surface area is 165 Å². The van der Waals surface area contributed by atoms with Crippen molar-refractivity contribution in [3.05, 3.63) is 68.5 Å². The molecule has 0 atom stereocenters. The van der Waals surface area contributed by atoms with Crippen LogP contribution in [0, 0.1) is 0 Å². The van der Waals surface area contributed by atoms with E-state index in [0.29, 0.717) is 27.1 Å². The molecule has 0 N–H and O–H groups in total. The number of imide groups is 1. The van der Waals surface area contributed by atoms with Gasteiger partial charge >= 0.3 is 0 Å². The minimum absolute atomic E-state index is 0.0454. The number of rotatable bonds is 5. The molecule has 4 nitrogen and oxygen atoms in total. The molecule has 0 spiro atoms. The molecule has 2 amide bonds. The largest absolute Gasteiger partial charge is 0.494 e. The van der Waals surface area contributed by atoms with Crippen LogP contribution in [0.2, 0.25) is 10.0 Å². The number of hydrogen-bond donors (Lipinski definition) is 0. The Morgan fingerprint density at radius 2 is 1.73 bits per heavy atom. The van der Waals surface area contributed by atoms with Crippen LogP contribution in [0.5, 0.6) is 5.75 Å². The van der Waals surface area contributed by atoms with Crippen molar-refractivity contribution >= 4 is 52.2 Å². The van der Waals surface area contributed by atoms with E-state index < -0.39 is 0 Å². The number of benzene rings is 2. The third-order valence-electron chi connectivity index (χ3n) is 3.74. The third-order valence-corrected chi connectivity index (χ3v) is 5.36. The molecule has 0 radical (unpaired) electrons. The van der Waals surface area contributed by atoms with Gasteiger partial charge in [0.15, 0.2) is 0 Å². The molecule has 134 valence electrons. The van der Waals surface area contributed by atoms with Gasteiger partial charge in [0.1, 0.15) is 5.75 Å². The molecule has 0 aromatic heterocycles. The highest BCUT2D eigenvalue weighted by molar-refractivity contribution is 8.18. The van der Waals surface area contributed by atoms with Gasteiger partial charge < -0.3 is 4.74 Å². The van der Waals surface area contributed by atoms with Gasteiger partial charge in [-0.15, -0.1) is 0 Å². The number of halogens is 2. The van der Waals surface area contributed by atoms with Gasteiger partial charge in [-0.1, -0.05) is 41.4 Å². The summed E-state index contributed by atoms with van der Waals surface area (Å²) >= 11 is 13.2. The van der Waals surface area contributed by atoms with Crippen LogP contribution in [0.25, 0.3) is 6.08 Å². The summed E-state index contributed by atoms with van der Waals surface area (Å²) in [7, 11) is 0. The van der Waals surface area contributed by atoms with Crippen molar-refractivity contribution in [1.82, 2.24) is 4.90 Å². The average Bonchev–Trinajstić information content (AvgIpc) is 2.87. The second-order valence-electron chi connectivity index (χ2n) is 5.47. The summed E-state index contributed by atoms with van der Waals surface area (Å²) < 4.78 is 5.39. The fourth-order valence-corrected chi connectivity index (χ4v) is 3.81. The van der Waals surface area contributed by atoms with Gasteiger partial charge in [0.05, 0.1) is 18.1 Å². The summed E-state index contributed by atoms with van der Waals surface area (Å²) in [6, 6.07) is 12.4. The monoisotopic (exact) mass is 407 g/mol. The van der Waals surface area contributed by atoms with Crippen LogP contribution in [0.3, 0.4) is 0 Å². The second-order valence-corrected chi connectivity index (χ2v) is 7.28. The molecule has 1 aliphatic rings. The van der Waals surface area contributed by atoms with Crippen LogP contribution >= 0.6 is 35.0 Å². The quantitative estimate of drug-likeness (QED) is 0.602. The number of ether oxygens (including phenoxy) is 1. The molecule has 0 aliphatic carbocycles. The lowest BCUT2D eigenvalue weighted by molar-refractivity contribution is -0.123. The molecule has 2 aromatic rings. The lowest BCUT2D eigenvalue weighted by Gasteiger charge is -2.14. The van der Waals surface area contributed by atoms with Gasteiger partial charge in [-0.25, -0.2) is 0 Å². The van der Waals surface area contributed by atoms with Crippen molar-refractivity contribution in [2.24, 2.45) is 0 Å². The summed E-state index contributed by atoms with van der Waals surface area (Å²) in [5.74, 6) is 0.399. The van der Waals surface area contributed by atoms with Gasteiger partial charge in [-0.2, -0.15) is 0 Å². The first-order valence-corrected chi connectivity index (χ1v) is 9.48. The van der Waals surface area contributed by atoms with Crippen LogP contribution in [0.15, 0.2) is 47.4 Å². The maximum Gasteiger partial charge on any atom is 0.293 e. The van der Waals surface area contributed by atoms with Gasteiger partial charge in [0.25, 0.3) is 11.1 Å². The molecule has 7 heteroatoms. The second kappa shape index (κ2) is 8.16. The van der Waals surface area contributed by atoms with Crippen molar-refractivity contribution in [2.75, 3.05) is 6.61 Å². The summed E-state index contributed by atoms with van der Waals surface area (Å²) in [4.78, 5) is 26.4. The van der Waals surface area contributed by atoms with E-state index in [-0.39, 0.29) is 17.7 Å². The van der Waals surface area contributed by atoms with E-state index in [4.69, 9.17) is 27.9 Å². The Hall–Kier alpha value is -1.95. The van der Waals surface area contributed by atoms with E-state index in [9.17, 15) is 9.59 Å². The molecule has 1 aliphatic heterocycles. The van der Waals surface area contributed by atoms with E-state index in [1.165, 1.54) is 0 Å². The maximum absolute atomic E-state index is 12.6. The number of amides is 2. The number of hydrogen-bond acceptors (Lipinski definition) is 4. The van der Waals surface area contributed by atoms with Crippen molar-refractivity contribution in [3.63, 3.8) is 0 Å². The Balaban J connectivity index is 1.80. The zero-order valence-corrected chi connectivity index (χ0v) is 16.2. The minimum Gasteiger partial charge on any atom is -0.494 e. The van der Waals surface area contributed by atoms with Crippen LogP contribution in [-0.2, 0) is 11.3 Å². The zero-order valence-electron chi connectivity index (χ0n) is 13.9. The Morgan fingerprint density at radius 1 is 1.08 bits per heavy atom. The summed E-state index contributed by atoms with van der Waals surface area (Å²) in [5, 5.41) is 0.502. The SMILES string of the molecule is CCOc1ccc(/C=C2/SC(=O)N(Cc3c(Cl)cccc3Cl)C2=O)cc1. The van der Waals surface area contributed by atoms with Crippen molar-refractivity contribution in [1.29, 1.82) is 0 Å². The molecule has 3 rings (SSSR count). The van der Waals surface area contributed by atoms with Crippen molar-refractivity contribution < 1.29 is 14.3 Å². The standard InChI is InChI=1S/C19H15Cl2NO3S/c1-2-25-13-8-6-12(7-9-13)10-17-18(23)22(19(24)26-17)11-14-15(20)4-3-5-16(14)21/h3-10H,2,11H2,1H3/b17-10+. The fourth-order valence-electron chi connectivity index (χ4n) is 2.46. The molecule has 0 unspecified atom stereocenters. The van der Waals surface area contributed by atoms with E-state index in [0.717, 1.165) is 28.0 Å². The Morgan fingerprint density at radius 3 is 2.35 bits per heavy atom. The van der Waals surface area contributed by atoms with E-state index in [1.807, 2.05) is 31.2 Å². The molecule has 0 saturated carbocycles. The van der Waals surface area contributed by atoms with E-state index in [2.05, 4.69) is 0 Å².